The van der Waals surface area contributed by atoms with Crippen LogP contribution in [0.15, 0.2) is 16.6 Å². The fraction of sp³-hybridized carbons (Fsp3) is 0.300. The van der Waals surface area contributed by atoms with Crippen LogP contribution in [0.5, 0.6) is 0 Å². The molecule has 0 heterocycles. The van der Waals surface area contributed by atoms with Gasteiger partial charge in [-0.05, 0) is 28.1 Å². The molecule has 0 atom stereocenters. The summed E-state index contributed by atoms with van der Waals surface area (Å²) in [6.07, 6.45) is 0. The van der Waals surface area contributed by atoms with Crippen molar-refractivity contribution in [1.29, 1.82) is 0 Å². The summed E-state index contributed by atoms with van der Waals surface area (Å²) < 4.78 is 18.2. The minimum Gasteiger partial charge on any atom is -0.370 e. The summed E-state index contributed by atoms with van der Waals surface area (Å²) in [5.74, 6) is -0.869. The monoisotopic (exact) mass is 324 g/mol. The van der Waals surface area contributed by atoms with Crippen LogP contribution in [0.2, 0.25) is 5.02 Å². The summed E-state index contributed by atoms with van der Waals surface area (Å²) in [5.41, 5.74) is 5.52. The summed E-state index contributed by atoms with van der Waals surface area (Å²) in [7, 11) is 0. The second-order valence-electron chi connectivity index (χ2n) is 3.13. The number of amides is 1. The van der Waals surface area contributed by atoms with Crippen molar-refractivity contribution in [1.82, 2.24) is 0 Å². The average molecular weight is 326 g/mol. The van der Waals surface area contributed by atoms with Gasteiger partial charge in [-0.15, -0.1) is 0 Å². The Morgan fingerprint density at radius 3 is 2.88 bits per heavy atom. The van der Waals surface area contributed by atoms with Gasteiger partial charge >= 0.3 is 0 Å². The first-order chi connectivity index (χ1) is 8.04. The SMILES string of the molecule is NCCOCC(=O)Nc1c(Cl)cc(F)cc1Br. The van der Waals surface area contributed by atoms with Crippen LogP contribution in [0.4, 0.5) is 10.1 Å². The molecule has 7 heteroatoms. The van der Waals surface area contributed by atoms with E-state index in [4.69, 9.17) is 22.1 Å². The molecule has 1 rings (SSSR count). The molecule has 1 amide bonds. The molecule has 0 fully saturated rings. The van der Waals surface area contributed by atoms with E-state index in [0.29, 0.717) is 23.3 Å². The molecule has 0 bridgehead atoms. The van der Waals surface area contributed by atoms with Gasteiger partial charge < -0.3 is 15.8 Å². The first-order valence-electron chi connectivity index (χ1n) is 4.76. The zero-order chi connectivity index (χ0) is 12.8. The zero-order valence-corrected chi connectivity index (χ0v) is 11.1. The van der Waals surface area contributed by atoms with Crippen molar-refractivity contribution in [3.8, 4) is 0 Å². The van der Waals surface area contributed by atoms with Crippen LogP contribution in [0.25, 0.3) is 0 Å². The van der Waals surface area contributed by atoms with Crippen LogP contribution >= 0.6 is 27.5 Å². The Morgan fingerprint density at radius 1 is 1.59 bits per heavy atom. The number of benzene rings is 1. The molecule has 3 N–H and O–H groups in total. The lowest BCUT2D eigenvalue weighted by atomic mass is 10.3. The number of nitrogens with one attached hydrogen (secondary N) is 1. The minimum atomic E-state index is -0.487. The second-order valence-corrected chi connectivity index (χ2v) is 4.40. The normalized spacial score (nSPS) is 10.4. The lowest BCUT2D eigenvalue weighted by molar-refractivity contribution is -0.120. The molecule has 0 aromatic heterocycles. The van der Waals surface area contributed by atoms with Crippen molar-refractivity contribution in [2.75, 3.05) is 25.1 Å². The van der Waals surface area contributed by atoms with Crippen molar-refractivity contribution in [2.24, 2.45) is 5.73 Å². The molecule has 4 nitrogen and oxygen atoms in total. The number of hydrogen-bond acceptors (Lipinski definition) is 3. The summed E-state index contributed by atoms with van der Waals surface area (Å²) in [5, 5.41) is 2.63. The van der Waals surface area contributed by atoms with Crippen LogP contribution < -0.4 is 11.1 Å². The maximum absolute atomic E-state index is 12.9. The fourth-order valence-electron chi connectivity index (χ4n) is 1.09. The Hall–Kier alpha value is -0.690. The molecular weight excluding hydrogens is 314 g/mol. The van der Waals surface area contributed by atoms with Gasteiger partial charge in [-0.3, -0.25) is 4.79 Å². The van der Waals surface area contributed by atoms with Gasteiger partial charge in [-0.2, -0.15) is 0 Å². The van der Waals surface area contributed by atoms with Crippen LogP contribution in [0.3, 0.4) is 0 Å². The van der Waals surface area contributed by atoms with Gasteiger partial charge in [0, 0.05) is 11.0 Å². The predicted molar refractivity (Wildman–Crippen MR) is 67.6 cm³/mol. The van der Waals surface area contributed by atoms with Crippen molar-refractivity contribution >= 4 is 39.1 Å². The molecule has 1 aromatic rings. The van der Waals surface area contributed by atoms with E-state index in [1.807, 2.05) is 0 Å². The van der Waals surface area contributed by atoms with Gasteiger partial charge in [0.15, 0.2) is 0 Å². The van der Waals surface area contributed by atoms with Crippen LogP contribution in [0, 0.1) is 5.82 Å². The van der Waals surface area contributed by atoms with Crippen LogP contribution in [-0.4, -0.2) is 25.7 Å². The first-order valence-corrected chi connectivity index (χ1v) is 5.94. The lowest BCUT2D eigenvalue weighted by Gasteiger charge is -2.09. The third kappa shape index (κ3) is 4.59. The van der Waals surface area contributed by atoms with E-state index in [1.165, 1.54) is 6.07 Å². The second kappa shape index (κ2) is 6.90. The standard InChI is InChI=1S/C10H11BrClFN2O2/c11-7-3-6(13)4-8(12)10(7)15-9(16)5-17-2-1-14/h3-4H,1-2,5,14H2,(H,15,16). The molecule has 0 radical (unpaired) electrons. The van der Waals surface area contributed by atoms with Gasteiger partial charge in [-0.1, -0.05) is 11.6 Å². The van der Waals surface area contributed by atoms with Gasteiger partial charge in [0.25, 0.3) is 0 Å². The van der Waals surface area contributed by atoms with E-state index in [9.17, 15) is 9.18 Å². The van der Waals surface area contributed by atoms with E-state index >= 15 is 0 Å². The number of halogens is 3. The molecule has 0 aliphatic rings. The first kappa shape index (κ1) is 14.4. The third-order valence-electron chi connectivity index (χ3n) is 1.77. The number of anilines is 1. The molecule has 0 unspecified atom stereocenters. The fourth-order valence-corrected chi connectivity index (χ4v) is 1.98. The molecule has 0 saturated carbocycles. The topological polar surface area (TPSA) is 64.3 Å². The van der Waals surface area contributed by atoms with Crippen LogP contribution in [0.1, 0.15) is 0 Å². The highest BCUT2D eigenvalue weighted by molar-refractivity contribution is 9.10. The largest absolute Gasteiger partial charge is 0.370 e. The van der Waals surface area contributed by atoms with E-state index in [1.54, 1.807) is 0 Å². The predicted octanol–water partition coefficient (Wildman–Crippen LogP) is 2.16. The third-order valence-corrected chi connectivity index (χ3v) is 2.69. The highest BCUT2D eigenvalue weighted by Crippen LogP contribution is 2.31. The summed E-state index contributed by atoms with van der Waals surface area (Å²) in [6.45, 7) is 0.511. The number of carbonyl (C=O) groups is 1. The molecule has 94 valence electrons. The molecule has 1 aromatic carbocycles. The van der Waals surface area contributed by atoms with E-state index in [2.05, 4.69) is 21.2 Å². The van der Waals surface area contributed by atoms with Gasteiger partial charge in [-0.25, -0.2) is 4.39 Å². The quantitative estimate of drug-likeness (QED) is 0.815. The van der Waals surface area contributed by atoms with Crippen molar-refractivity contribution in [3.05, 3.63) is 27.4 Å². The maximum atomic E-state index is 12.9. The average Bonchev–Trinajstić information content (AvgIpc) is 2.24. The number of rotatable bonds is 5. The minimum absolute atomic E-state index is 0.115. The van der Waals surface area contributed by atoms with E-state index in [-0.39, 0.29) is 17.5 Å². The molecular formula is C10H11BrClFN2O2. The smallest absolute Gasteiger partial charge is 0.250 e. The van der Waals surface area contributed by atoms with Crippen molar-refractivity contribution < 1.29 is 13.9 Å². The molecule has 0 aliphatic carbocycles. The summed E-state index contributed by atoms with van der Waals surface area (Å²) >= 11 is 8.90. The van der Waals surface area contributed by atoms with Crippen molar-refractivity contribution in [2.45, 2.75) is 0 Å². The number of carbonyl (C=O) groups excluding carboxylic acids is 1. The Balaban J connectivity index is 2.65. The van der Waals surface area contributed by atoms with Crippen LogP contribution in [-0.2, 0) is 9.53 Å². The number of ether oxygens (including phenoxy) is 1. The molecule has 0 spiro atoms. The highest BCUT2D eigenvalue weighted by atomic mass is 79.9. The highest BCUT2D eigenvalue weighted by Gasteiger charge is 2.11. The Morgan fingerprint density at radius 2 is 2.29 bits per heavy atom. The van der Waals surface area contributed by atoms with Gasteiger partial charge in [0.1, 0.15) is 12.4 Å². The Bertz CT molecular complexity index is 394. The number of hydrogen-bond donors (Lipinski definition) is 2. The van der Waals surface area contributed by atoms with Gasteiger partial charge in [0.05, 0.1) is 17.3 Å². The Labute approximate surface area is 111 Å². The summed E-state index contributed by atoms with van der Waals surface area (Å²) in [4.78, 5) is 11.4. The molecule has 0 saturated heterocycles. The summed E-state index contributed by atoms with van der Waals surface area (Å²) in [6, 6.07) is 2.32. The zero-order valence-electron chi connectivity index (χ0n) is 8.80. The van der Waals surface area contributed by atoms with Gasteiger partial charge in [0.2, 0.25) is 5.91 Å². The van der Waals surface area contributed by atoms with Crippen molar-refractivity contribution in [3.63, 3.8) is 0 Å². The van der Waals surface area contributed by atoms with E-state index in [0.717, 1.165) is 6.07 Å². The number of nitrogens with two attached hydrogens (primary N) is 1. The maximum Gasteiger partial charge on any atom is 0.250 e. The lowest BCUT2D eigenvalue weighted by Crippen LogP contribution is -2.21. The van der Waals surface area contributed by atoms with E-state index < -0.39 is 5.82 Å². The Kier molecular flexibility index (Phi) is 5.84. The molecule has 0 aliphatic heterocycles. The molecule has 17 heavy (non-hydrogen) atoms.